The summed E-state index contributed by atoms with van der Waals surface area (Å²) >= 11 is 3.80. The Bertz CT molecular complexity index is 3240. The van der Waals surface area contributed by atoms with Crippen LogP contribution in [0.3, 0.4) is 0 Å². The molecule has 2 aromatic heterocycles. The molecule has 2 heterocycles. The molecule has 0 amide bonds. The van der Waals surface area contributed by atoms with E-state index >= 15 is 0 Å². The standard InChI is InChI=1S/C54H34S2/c1-2-12-35(13-3-1)36-28-30-37(31-29-36)38-14-6-17-41(32-38)45-22-10-25-49-50-26-11-23-46(54(50)56-53(45)49)43-19-8-16-40(34-43)39-15-7-18-42(33-39)44-21-9-24-48-47-20-4-5-27-51(47)55-52(44)48/h1-34H. The van der Waals surface area contributed by atoms with Crippen molar-refractivity contribution in [3.8, 4) is 66.8 Å². The van der Waals surface area contributed by atoms with Crippen LogP contribution in [-0.2, 0) is 0 Å². The van der Waals surface area contributed by atoms with Crippen LogP contribution < -0.4 is 0 Å². The summed E-state index contributed by atoms with van der Waals surface area (Å²) in [6.45, 7) is 0. The lowest BCUT2D eigenvalue weighted by molar-refractivity contribution is 1.58. The lowest BCUT2D eigenvalue weighted by atomic mass is 9.95. The Morgan fingerprint density at radius 1 is 0.214 bits per heavy atom. The van der Waals surface area contributed by atoms with Crippen molar-refractivity contribution in [1.29, 1.82) is 0 Å². The monoisotopic (exact) mass is 746 g/mol. The number of hydrogen-bond acceptors (Lipinski definition) is 2. The summed E-state index contributed by atoms with van der Waals surface area (Å²) in [7, 11) is 0. The van der Waals surface area contributed by atoms with E-state index in [0.29, 0.717) is 0 Å². The van der Waals surface area contributed by atoms with Crippen molar-refractivity contribution >= 4 is 63.0 Å². The number of thiophene rings is 2. The SMILES string of the molecule is c1ccc(-c2ccc(-c3cccc(-c4cccc5c4sc4c(-c6cccc(-c7cccc(-c8cccc9c8sc8ccccc89)c7)c6)cccc45)c3)cc2)cc1. The van der Waals surface area contributed by atoms with E-state index in [0.717, 1.165) is 0 Å². The Labute approximate surface area is 334 Å². The average Bonchev–Trinajstić information content (AvgIpc) is 3.86. The second kappa shape index (κ2) is 13.6. The molecule has 56 heavy (non-hydrogen) atoms. The first-order chi connectivity index (χ1) is 27.7. The quantitative estimate of drug-likeness (QED) is 0.159. The van der Waals surface area contributed by atoms with Crippen molar-refractivity contribution in [2.45, 2.75) is 0 Å². The van der Waals surface area contributed by atoms with Gasteiger partial charge in [-0.25, -0.2) is 0 Å². The number of fused-ring (bicyclic) bond motifs is 6. The van der Waals surface area contributed by atoms with Crippen LogP contribution in [0.5, 0.6) is 0 Å². The van der Waals surface area contributed by atoms with Crippen LogP contribution in [0.25, 0.3) is 107 Å². The third-order valence-corrected chi connectivity index (χ3v) is 13.6. The van der Waals surface area contributed by atoms with E-state index in [1.807, 2.05) is 22.7 Å². The van der Waals surface area contributed by atoms with E-state index in [9.17, 15) is 0 Å². The van der Waals surface area contributed by atoms with Gasteiger partial charge in [-0.15, -0.1) is 22.7 Å². The van der Waals surface area contributed by atoms with Gasteiger partial charge in [-0.1, -0.05) is 182 Å². The first-order valence-corrected chi connectivity index (χ1v) is 20.7. The number of hydrogen-bond donors (Lipinski definition) is 0. The van der Waals surface area contributed by atoms with Gasteiger partial charge in [0.1, 0.15) is 0 Å². The van der Waals surface area contributed by atoms with Gasteiger partial charge < -0.3 is 0 Å². The second-order valence-corrected chi connectivity index (χ2v) is 16.5. The van der Waals surface area contributed by atoms with Crippen LogP contribution in [0, 0.1) is 0 Å². The normalized spacial score (nSPS) is 11.6. The summed E-state index contributed by atoms with van der Waals surface area (Å²) in [5, 5.41) is 5.28. The van der Waals surface area contributed by atoms with Crippen LogP contribution in [0.4, 0.5) is 0 Å². The Balaban J connectivity index is 0.959. The highest BCUT2D eigenvalue weighted by Gasteiger charge is 2.16. The highest BCUT2D eigenvalue weighted by atomic mass is 32.1. The van der Waals surface area contributed by atoms with Gasteiger partial charge in [0, 0.05) is 40.3 Å². The van der Waals surface area contributed by atoms with E-state index in [2.05, 4.69) is 206 Å². The fourth-order valence-electron chi connectivity index (χ4n) is 8.33. The summed E-state index contributed by atoms with van der Waals surface area (Å²) in [6, 6.07) is 75.7. The van der Waals surface area contributed by atoms with E-state index in [4.69, 9.17) is 0 Å². The number of rotatable bonds is 6. The zero-order valence-corrected chi connectivity index (χ0v) is 32.1. The van der Waals surface area contributed by atoms with E-state index in [1.54, 1.807) is 0 Å². The minimum Gasteiger partial charge on any atom is -0.135 e. The third kappa shape index (κ3) is 5.66. The first kappa shape index (κ1) is 32.8. The van der Waals surface area contributed by atoms with E-state index in [1.165, 1.54) is 107 Å². The van der Waals surface area contributed by atoms with Gasteiger partial charge in [0.15, 0.2) is 0 Å². The minimum absolute atomic E-state index is 1.22. The van der Waals surface area contributed by atoms with Crippen molar-refractivity contribution in [2.24, 2.45) is 0 Å². The van der Waals surface area contributed by atoms with Gasteiger partial charge in [-0.2, -0.15) is 0 Å². The molecule has 0 bridgehead atoms. The molecule has 9 aromatic carbocycles. The molecule has 0 radical (unpaired) electrons. The van der Waals surface area contributed by atoms with Gasteiger partial charge in [-0.05, 0) is 91.0 Å². The maximum absolute atomic E-state index is 2.37. The molecule has 0 nitrogen and oxygen atoms in total. The highest BCUT2D eigenvalue weighted by molar-refractivity contribution is 7.27. The fraction of sp³-hybridized carbons (Fsp3) is 0. The molecule has 0 saturated carbocycles. The molecule has 0 aliphatic carbocycles. The molecule has 0 aliphatic heterocycles. The maximum atomic E-state index is 2.37. The summed E-state index contributed by atoms with van der Waals surface area (Å²) in [6.07, 6.45) is 0. The highest BCUT2D eigenvalue weighted by Crippen LogP contribution is 2.45. The molecule has 0 aliphatic rings. The summed E-state index contributed by atoms with van der Waals surface area (Å²) in [4.78, 5) is 0. The number of benzene rings is 9. The van der Waals surface area contributed by atoms with Crippen molar-refractivity contribution in [2.75, 3.05) is 0 Å². The summed E-state index contributed by atoms with van der Waals surface area (Å²) in [5.74, 6) is 0. The zero-order valence-electron chi connectivity index (χ0n) is 30.4. The molecule has 11 aromatic rings. The lowest BCUT2D eigenvalue weighted by Gasteiger charge is -2.10. The van der Waals surface area contributed by atoms with Crippen molar-refractivity contribution in [3.05, 3.63) is 206 Å². The third-order valence-electron chi connectivity index (χ3n) is 11.1. The first-order valence-electron chi connectivity index (χ1n) is 19.1. The van der Waals surface area contributed by atoms with Crippen LogP contribution in [-0.4, -0.2) is 0 Å². The molecule has 0 atom stereocenters. The van der Waals surface area contributed by atoms with Crippen molar-refractivity contribution < 1.29 is 0 Å². The Morgan fingerprint density at radius 3 is 1.09 bits per heavy atom. The molecular weight excluding hydrogens is 713 g/mol. The van der Waals surface area contributed by atoms with Crippen molar-refractivity contribution in [3.63, 3.8) is 0 Å². The maximum Gasteiger partial charge on any atom is 0.0434 e. The molecule has 0 unspecified atom stereocenters. The molecule has 0 fully saturated rings. The average molecular weight is 747 g/mol. The van der Waals surface area contributed by atoms with Gasteiger partial charge in [0.05, 0.1) is 0 Å². The van der Waals surface area contributed by atoms with Gasteiger partial charge in [0.2, 0.25) is 0 Å². The fourth-order valence-corrected chi connectivity index (χ4v) is 10.9. The Morgan fingerprint density at radius 2 is 0.554 bits per heavy atom. The summed E-state index contributed by atoms with van der Waals surface area (Å²) in [5.41, 5.74) is 14.9. The molecule has 2 heteroatoms. The topological polar surface area (TPSA) is 0 Å². The zero-order chi connectivity index (χ0) is 37.0. The second-order valence-electron chi connectivity index (χ2n) is 14.4. The minimum atomic E-state index is 1.22. The Kier molecular flexibility index (Phi) is 7.98. The van der Waals surface area contributed by atoms with Crippen molar-refractivity contribution in [1.82, 2.24) is 0 Å². The molecule has 0 saturated heterocycles. The predicted octanol–water partition coefficient (Wildman–Crippen LogP) is 16.4. The molecule has 262 valence electrons. The molecule has 11 rings (SSSR count). The van der Waals surface area contributed by atoms with Crippen LogP contribution in [0.2, 0.25) is 0 Å². The van der Waals surface area contributed by atoms with Gasteiger partial charge in [-0.3, -0.25) is 0 Å². The van der Waals surface area contributed by atoms with Gasteiger partial charge >= 0.3 is 0 Å². The van der Waals surface area contributed by atoms with E-state index in [-0.39, 0.29) is 0 Å². The van der Waals surface area contributed by atoms with Crippen LogP contribution in [0.1, 0.15) is 0 Å². The lowest BCUT2D eigenvalue weighted by Crippen LogP contribution is -1.84. The molecule has 0 spiro atoms. The van der Waals surface area contributed by atoms with Crippen LogP contribution in [0.15, 0.2) is 206 Å². The molecular formula is C54H34S2. The smallest absolute Gasteiger partial charge is 0.0434 e. The van der Waals surface area contributed by atoms with Crippen LogP contribution >= 0.6 is 22.7 Å². The van der Waals surface area contributed by atoms with Gasteiger partial charge in [0.25, 0.3) is 0 Å². The predicted molar refractivity (Wildman–Crippen MR) is 245 cm³/mol. The summed E-state index contributed by atoms with van der Waals surface area (Å²) < 4.78 is 5.33. The Hall–Kier alpha value is -6.58. The molecule has 0 N–H and O–H groups in total. The van der Waals surface area contributed by atoms with E-state index < -0.39 is 0 Å². The largest absolute Gasteiger partial charge is 0.135 e.